The van der Waals surface area contributed by atoms with Crippen molar-refractivity contribution in [3.05, 3.63) is 12.4 Å². The maximum Gasteiger partial charge on any atom is 0.167 e. The highest BCUT2D eigenvalue weighted by atomic mass is 32.2. The van der Waals surface area contributed by atoms with Crippen LogP contribution in [0.1, 0.15) is 12.8 Å². The van der Waals surface area contributed by atoms with Crippen molar-refractivity contribution in [1.82, 2.24) is 9.55 Å². The van der Waals surface area contributed by atoms with E-state index in [-0.39, 0.29) is 0 Å². The summed E-state index contributed by atoms with van der Waals surface area (Å²) in [5, 5.41) is 1.12. The van der Waals surface area contributed by atoms with Crippen LogP contribution in [0.3, 0.4) is 0 Å². The van der Waals surface area contributed by atoms with Crippen LogP contribution < -0.4 is 0 Å². The van der Waals surface area contributed by atoms with Crippen LogP contribution in [0.15, 0.2) is 17.6 Å². The average Bonchev–Trinajstić information content (AvgIpc) is 2.82. The van der Waals surface area contributed by atoms with Crippen molar-refractivity contribution in [1.29, 1.82) is 0 Å². The number of thioether (sulfide) groups is 1. The Hall–Kier alpha value is -0.0900. The van der Waals surface area contributed by atoms with Crippen molar-refractivity contribution in [2.75, 3.05) is 11.5 Å². The van der Waals surface area contributed by atoms with Gasteiger partial charge in [0, 0.05) is 25.2 Å². The summed E-state index contributed by atoms with van der Waals surface area (Å²) in [5.41, 5.74) is 0.528. The molecule has 2 nitrogen and oxygen atoms in total. The monoisotopic (exact) mass is 214 g/mol. The van der Waals surface area contributed by atoms with E-state index in [1.54, 1.807) is 0 Å². The zero-order valence-corrected chi connectivity index (χ0v) is 9.44. The summed E-state index contributed by atoms with van der Waals surface area (Å²) in [4.78, 5) is 4.28. The van der Waals surface area contributed by atoms with Gasteiger partial charge in [-0.1, -0.05) is 11.8 Å². The second-order valence-electron chi connectivity index (χ2n) is 3.77. The number of thiol groups is 1. The van der Waals surface area contributed by atoms with Crippen molar-refractivity contribution in [3.8, 4) is 0 Å². The van der Waals surface area contributed by atoms with Gasteiger partial charge in [-0.05, 0) is 24.0 Å². The average molecular weight is 214 g/mol. The van der Waals surface area contributed by atoms with Gasteiger partial charge >= 0.3 is 0 Å². The molecule has 0 saturated heterocycles. The molecule has 1 aromatic rings. The van der Waals surface area contributed by atoms with Gasteiger partial charge < -0.3 is 4.57 Å². The quantitative estimate of drug-likeness (QED) is 0.612. The molecule has 1 aromatic heterocycles. The Morgan fingerprint density at radius 2 is 2.46 bits per heavy atom. The predicted octanol–water partition coefficient (Wildman–Crippen LogP) is 2.22. The minimum Gasteiger partial charge on any atom is -0.329 e. The summed E-state index contributed by atoms with van der Waals surface area (Å²) >= 11 is 6.23. The van der Waals surface area contributed by atoms with E-state index in [1.165, 1.54) is 18.6 Å². The van der Waals surface area contributed by atoms with Crippen molar-refractivity contribution in [2.45, 2.75) is 18.0 Å². The van der Waals surface area contributed by atoms with Gasteiger partial charge in [0.25, 0.3) is 0 Å². The number of imidazole rings is 1. The number of nitrogens with zero attached hydrogens (tertiary/aromatic N) is 2. The molecule has 0 aliphatic heterocycles. The second kappa shape index (κ2) is 3.58. The maximum absolute atomic E-state index is 4.38. The molecule has 1 aliphatic rings. The van der Waals surface area contributed by atoms with Crippen molar-refractivity contribution in [3.63, 3.8) is 0 Å². The van der Waals surface area contributed by atoms with E-state index < -0.39 is 0 Å². The minimum absolute atomic E-state index is 0.528. The summed E-state index contributed by atoms with van der Waals surface area (Å²) in [6, 6.07) is 0. The molecule has 1 aliphatic carbocycles. The standard InChI is InChI=1S/C9H14N2S2/c1-11-5-4-10-8(11)13-7-9(6-12)2-3-9/h4-5,12H,2-3,6-7H2,1H3. The summed E-state index contributed by atoms with van der Waals surface area (Å²) in [6.07, 6.45) is 6.52. The molecular weight excluding hydrogens is 200 g/mol. The molecule has 13 heavy (non-hydrogen) atoms. The molecule has 1 fully saturated rings. The lowest BCUT2D eigenvalue weighted by Crippen LogP contribution is -2.06. The molecule has 0 spiro atoms. The summed E-state index contributed by atoms with van der Waals surface area (Å²) in [5.74, 6) is 2.19. The zero-order chi connectivity index (χ0) is 9.31. The van der Waals surface area contributed by atoms with Gasteiger partial charge in [-0.2, -0.15) is 12.6 Å². The molecule has 1 saturated carbocycles. The van der Waals surface area contributed by atoms with E-state index in [2.05, 4.69) is 22.2 Å². The third kappa shape index (κ3) is 2.05. The minimum atomic E-state index is 0.528. The van der Waals surface area contributed by atoms with Gasteiger partial charge in [-0.25, -0.2) is 4.98 Å². The van der Waals surface area contributed by atoms with Crippen LogP contribution in [0.2, 0.25) is 0 Å². The highest BCUT2D eigenvalue weighted by Crippen LogP contribution is 2.49. The molecule has 4 heteroatoms. The fourth-order valence-electron chi connectivity index (χ4n) is 1.23. The van der Waals surface area contributed by atoms with Gasteiger partial charge in [0.1, 0.15) is 0 Å². The number of aryl methyl sites for hydroxylation is 1. The van der Waals surface area contributed by atoms with Crippen molar-refractivity contribution < 1.29 is 0 Å². The summed E-state index contributed by atoms with van der Waals surface area (Å²) in [7, 11) is 2.04. The van der Waals surface area contributed by atoms with Crippen LogP contribution in [0.5, 0.6) is 0 Å². The van der Waals surface area contributed by atoms with Crippen LogP contribution in [0.25, 0.3) is 0 Å². The summed E-state index contributed by atoms with van der Waals surface area (Å²) in [6.45, 7) is 0. The second-order valence-corrected chi connectivity index (χ2v) is 5.03. The lowest BCUT2D eigenvalue weighted by Gasteiger charge is -2.09. The lowest BCUT2D eigenvalue weighted by atomic mass is 10.2. The smallest absolute Gasteiger partial charge is 0.167 e. The number of aromatic nitrogens is 2. The lowest BCUT2D eigenvalue weighted by molar-refractivity contribution is 0.678. The first kappa shape index (κ1) is 9.46. The fourth-order valence-corrected chi connectivity index (χ4v) is 3.04. The highest BCUT2D eigenvalue weighted by molar-refractivity contribution is 7.99. The van der Waals surface area contributed by atoms with Gasteiger partial charge in [0.2, 0.25) is 0 Å². The summed E-state index contributed by atoms with van der Waals surface area (Å²) < 4.78 is 2.07. The largest absolute Gasteiger partial charge is 0.329 e. The van der Waals surface area contributed by atoms with Gasteiger partial charge in [-0.3, -0.25) is 0 Å². The topological polar surface area (TPSA) is 17.8 Å². The van der Waals surface area contributed by atoms with Gasteiger partial charge in [0.15, 0.2) is 5.16 Å². The normalized spacial score (nSPS) is 18.9. The fraction of sp³-hybridized carbons (Fsp3) is 0.667. The molecule has 0 bridgehead atoms. The first-order valence-corrected chi connectivity index (χ1v) is 6.09. The Balaban J connectivity index is 1.90. The van der Waals surface area contributed by atoms with E-state index >= 15 is 0 Å². The molecule has 2 rings (SSSR count). The molecule has 72 valence electrons. The molecule has 0 unspecified atom stereocenters. The van der Waals surface area contributed by atoms with Crippen LogP contribution in [-0.4, -0.2) is 21.1 Å². The third-order valence-electron chi connectivity index (χ3n) is 2.58. The Kier molecular flexibility index (Phi) is 2.60. The first-order chi connectivity index (χ1) is 6.26. The molecule has 1 heterocycles. The molecule has 0 atom stereocenters. The van der Waals surface area contributed by atoms with Crippen LogP contribution >= 0.6 is 24.4 Å². The Labute approximate surface area is 88.5 Å². The van der Waals surface area contributed by atoms with Crippen LogP contribution in [-0.2, 0) is 7.05 Å². The molecule has 0 radical (unpaired) electrons. The van der Waals surface area contributed by atoms with E-state index in [1.807, 2.05) is 31.2 Å². The van der Waals surface area contributed by atoms with Crippen LogP contribution in [0.4, 0.5) is 0 Å². The number of rotatable bonds is 4. The third-order valence-corrected chi connectivity index (χ3v) is 4.66. The molecule has 0 N–H and O–H groups in total. The molecule has 0 amide bonds. The highest BCUT2D eigenvalue weighted by Gasteiger charge is 2.41. The van der Waals surface area contributed by atoms with Crippen LogP contribution in [0, 0.1) is 5.41 Å². The van der Waals surface area contributed by atoms with Crippen molar-refractivity contribution >= 4 is 24.4 Å². The van der Waals surface area contributed by atoms with Gasteiger partial charge in [-0.15, -0.1) is 0 Å². The van der Waals surface area contributed by atoms with Gasteiger partial charge in [0.05, 0.1) is 0 Å². The van der Waals surface area contributed by atoms with Crippen molar-refractivity contribution in [2.24, 2.45) is 12.5 Å². The number of hydrogen-bond donors (Lipinski definition) is 1. The SMILES string of the molecule is Cn1ccnc1SCC1(CS)CC1. The predicted molar refractivity (Wildman–Crippen MR) is 59.5 cm³/mol. The van der Waals surface area contributed by atoms with E-state index in [4.69, 9.17) is 0 Å². The maximum atomic E-state index is 4.38. The van der Waals surface area contributed by atoms with E-state index in [0.717, 1.165) is 10.9 Å². The molecule has 0 aromatic carbocycles. The number of hydrogen-bond acceptors (Lipinski definition) is 3. The Morgan fingerprint density at radius 3 is 2.92 bits per heavy atom. The molecular formula is C9H14N2S2. The van der Waals surface area contributed by atoms with E-state index in [9.17, 15) is 0 Å². The first-order valence-electron chi connectivity index (χ1n) is 4.47. The zero-order valence-electron chi connectivity index (χ0n) is 7.73. The Morgan fingerprint density at radius 1 is 1.69 bits per heavy atom. The van der Waals surface area contributed by atoms with E-state index in [0.29, 0.717) is 5.41 Å². The Bertz CT molecular complexity index is 292.